The van der Waals surface area contributed by atoms with Gasteiger partial charge in [-0.15, -0.1) is 0 Å². The summed E-state index contributed by atoms with van der Waals surface area (Å²) >= 11 is 0. The predicted molar refractivity (Wildman–Crippen MR) is 61.1 cm³/mol. The first kappa shape index (κ1) is 13.2. The molecule has 0 aliphatic rings. The van der Waals surface area contributed by atoms with Crippen LogP contribution in [0.1, 0.15) is 13.3 Å². The zero-order valence-corrected chi connectivity index (χ0v) is 9.77. The Kier molecular flexibility index (Phi) is 4.63. The van der Waals surface area contributed by atoms with E-state index in [1.807, 2.05) is 0 Å². The van der Waals surface area contributed by atoms with Crippen molar-refractivity contribution in [2.75, 3.05) is 18.6 Å². The molecule has 0 N–H and O–H groups in total. The zero-order valence-electron chi connectivity index (χ0n) is 9.77. The maximum Gasteiger partial charge on any atom is 0.315 e. The summed E-state index contributed by atoms with van der Waals surface area (Å²) in [6.45, 7) is 1.90. The van der Waals surface area contributed by atoms with Crippen LogP contribution in [0.2, 0.25) is 0 Å². The second kappa shape index (κ2) is 5.98. The fourth-order valence-corrected chi connectivity index (χ4v) is 1.28. The molecule has 0 heterocycles. The first-order chi connectivity index (χ1) is 8.04. The third-order valence-electron chi connectivity index (χ3n) is 2.17. The Morgan fingerprint density at radius 3 is 2.71 bits per heavy atom. The fourth-order valence-electron chi connectivity index (χ4n) is 1.28. The summed E-state index contributed by atoms with van der Waals surface area (Å²) in [6.07, 6.45) is -0.346. The molecule has 1 aromatic carbocycles. The van der Waals surface area contributed by atoms with Crippen LogP contribution in [-0.2, 0) is 14.3 Å². The maximum absolute atomic E-state index is 12.9. The quantitative estimate of drug-likeness (QED) is 0.594. The number of rotatable bonds is 4. The van der Waals surface area contributed by atoms with Crippen molar-refractivity contribution >= 4 is 17.6 Å². The van der Waals surface area contributed by atoms with Gasteiger partial charge in [0.15, 0.2) is 0 Å². The highest BCUT2D eigenvalue weighted by Gasteiger charge is 2.16. The largest absolute Gasteiger partial charge is 0.466 e. The SMILES string of the molecule is CCOC(=O)CC(=O)N(C)c1cccc(F)c1. The highest BCUT2D eigenvalue weighted by atomic mass is 19.1. The van der Waals surface area contributed by atoms with Crippen LogP contribution in [0.25, 0.3) is 0 Å². The van der Waals surface area contributed by atoms with E-state index in [1.165, 1.54) is 30.1 Å². The minimum atomic E-state index is -0.583. The Bertz CT molecular complexity index is 420. The molecule has 0 unspecified atom stereocenters. The summed E-state index contributed by atoms with van der Waals surface area (Å²) in [7, 11) is 1.48. The molecule has 4 nitrogen and oxygen atoms in total. The van der Waals surface area contributed by atoms with Crippen LogP contribution in [-0.4, -0.2) is 25.5 Å². The van der Waals surface area contributed by atoms with Gasteiger partial charge in [0.25, 0.3) is 0 Å². The van der Waals surface area contributed by atoms with Crippen LogP contribution in [0, 0.1) is 5.82 Å². The van der Waals surface area contributed by atoms with Crippen molar-refractivity contribution < 1.29 is 18.7 Å². The number of hydrogen-bond donors (Lipinski definition) is 0. The molecule has 0 aliphatic carbocycles. The second-order valence-corrected chi connectivity index (χ2v) is 3.41. The Labute approximate surface area is 99.0 Å². The Balaban J connectivity index is 2.67. The number of nitrogens with zero attached hydrogens (tertiary/aromatic N) is 1. The van der Waals surface area contributed by atoms with E-state index in [-0.39, 0.29) is 13.0 Å². The number of esters is 1. The molecular formula is C12H14FNO3. The molecule has 0 saturated heterocycles. The topological polar surface area (TPSA) is 46.6 Å². The number of anilines is 1. The average molecular weight is 239 g/mol. The smallest absolute Gasteiger partial charge is 0.315 e. The van der Waals surface area contributed by atoms with E-state index in [4.69, 9.17) is 0 Å². The lowest BCUT2D eigenvalue weighted by molar-refractivity contribution is -0.145. The molecule has 0 atom stereocenters. The standard InChI is InChI=1S/C12H14FNO3/c1-3-17-12(16)8-11(15)14(2)10-6-4-5-9(13)7-10/h4-7H,3,8H2,1-2H3. The van der Waals surface area contributed by atoms with Crippen LogP contribution >= 0.6 is 0 Å². The summed E-state index contributed by atoms with van der Waals surface area (Å²) in [6, 6.07) is 5.60. The summed E-state index contributed by atoms with van der Waals surface area (Å²) in [5.41, 5.74) is 0.402. The molecule has 0 bridgehead atoms. The molecule has 1 aromatic rings. The minimum absolute atomic E-state index is 0.232. The lowest BCUT2D eigenvalue weighted by atomic mass is 10.2. The predicted octanol–water partition coefficient (Wildman–Crippen LogP) is 1.74. The number of carbonyl (C=O) groups excluding carboxylic acids is 2. The third kappa shape index (κ3) is 3.86. The molecule has 0 aromatic heterocycles. The van der Waals surface area contributed by atoms with E-state index < -0.39 is 17.7 Å². The van der Waals surface area contributed by atoms with Gasteiger partial charge in [-0.05, 0) is 25.1 Å². The second-order valence-electron chi connectivity index (χ2n) is 3.41. The van der Waals surface area contributed by atoms with Crippen molar-refractivity contribution in [2.45, 2.75) is 13.3 Å². The van der Waals surface area contributed by atoms with Gasteiger partial charge in [-0.25, -0.2) is 4.39 Å². The van der Waals surface area contributed by atoms with Crippen molar-refractivity contribution in [1.29, 1.82) is 0 Å². The molecule has 0 radical (unpaired) electrons. The number of amides is 1. The zero-order chi connectivity index (χ0) is 12.8. The third-order valence-corrected chi connectivity index (χ3v) is 2.17. The summed E-state index contributed by atoms with van der Waals surface area (Å²) in [5, 5.41) is 0. The average Bonchev–Trinajstić information content (AvgIpc) is 2.28. The van der Waals surface area contributed by atoms with Gasteiger partial charge in [-0.2, -0.15) is 0 Å². The van der Waals surface area contributed by atoms with Gasteiger partial charge >= 0.3 is 5.97 Å². The molecule has 17 heavy (non-hydrogen) atoms. The van der Waals surface area contributed by atoms with Gasteiger partial charge in [-0.1, -0.05) is 6.07 Å². The van der Waals surface area contributed by atoms with E-state index in [0.29, 0.717) is 5.69 Å². The molecule has 0 saturated carbocycles. The van der Waals surface area contributed by atoms with E-state index in [2.05, 4.69) is 4.74 Å². The Morgan fingerprint density at radius 1 is 1.41 bits per heavy atom. The normalized spacial score (nSPS) is 9.82. The molecule has 1 amide bonds. The molecule has 1 rings (SSSR count). The Hall–Kier alpha value is -1.91. The number of carbonyl (C=O) groups is 2. The molecule has 0 fully saturated rings. The van der Waals surface area contributed by atoms with E-state index in [9.17, 15) is 14.0 Å². The van der Waals surface area contributed by atoms with Gasteiger partial charge < -0.3 is 9.64 Å². The summed E-state index contributed by atoms with van der Waals surface area (Å²) in [4.78, 5) is 24.0. The first-order valence-corrected chi connectivity index (χ1v) is 5.22. The monoisotopic (exact) mass is 239 g/mol. The molecule has 5 heteroatoms. The van der Waals surface area contributed by atoms with Crippen molar-refractivity contribution in [3.63, 3.8) is 0 Å². The van der Waals surface area contributed by atoms with Crippen LogP contribution in [0.3, 0.4) is 0 Å². The molecular weight excluding hydrogens is 225 g/mol. The highest BCUT2D eigenvalue weighted by molar-refractivity contribution is 6.03. The van der Waals surface area contributed by atoms with Gasteiger partial charge in [0.05, 0.1) is 6.61 Å². The van der Waals surface area contributed by atoms with Gasteiger partial charge in [0.2, 0.25) is 5.91 Å². The first-order valence-electron chi connectivity index (χ1n) is 5.22. The fraction of sp³-hybridized carbons (Fsp3) is 0.333. The molecule has 0 spiro atoms. The van der Waals surface area contributed by atoms with Crippen molar-refractivity contribution in [3.05, 3.63) is 30.1 Å². The van der Waals surface area contributed by atoms with E-state index >= 15 is 0 Å². The van der Waals surface area contributed by atoms with Crippen molar-refractivity contribution in [2.24, 2.45) is 0 Å². The lowest BCUT2D eigenvalue weighted by Gasteiger charge is -2.16. The van der Waals surface area contributed by atoms with Crippen molar-refractivity contribution in [3.8, 4) is 0 Å². The van der Waals surface area contributed by atoms with Gasteiger partial charge in [-0.3, -0.25) is 9.59 Å². The summed E-state index contributed by atoms with van der Waals surface area (Å²) in [5.74, 6) is -1.45. The minimum Gasteiger partial charge on any atom is -0.466 e. The lowest BCUT2D eigenvalue weighted by Crippen LogP contribution is -2.28. The summed E-state index contributed by atoms with van der Waals surface area (Å²) < 4.78 is 17.6. The van der Waals surface area contributed by atoms with E-state index in [1.54, 1.807) is 13.0 Å². The van der Waals surface area contributed by atoms with Gasteiger partial charge in [0.1, 0.15) is 12.2 Å². The maximum atomic E-state index is 12.9. The van der Waals surface area contributed by atoms with Crippen LogP contribution in [0.15, 0.2) is 24.3 Å². The Morgan fingerprint density at radius 2 is 2.12 bits per heavy atom. The molecule has 0 aliphatic heterocycles. The number of ether oxygens (including phenoxy) is 1. The molecule has 92 valence electrons. The van der Waals surface area contributed by atoms with Crippen LogP contribution in [0.4, 0.5) is 10.1 Å². The van der Waals surface area contributed by atoms with Crippen LogP contribution in [0.5, 0.6) is 0 Å². The highest BCUT2D eigenvalue weighted by Crippen LogP contribution is 2.14. The number of halogens is 1. The number of hydrogen-bond acceptors (Lipinski definition) is 3. The van der Waals surface area contributed by atoms with Crippen molar-refractivity contribution in [1.82, 2.24) is 0 Å². The number of benzene rings is 1. The van der Waals surface area contributed by atoms with E-state index in [0.717, 1.165) is 0 Å². The van der Waals surface area contributed by atoms with Crippen LogP contribution < -0.4 is 4.90 Å². The van der Waals surface area contributed by atoms with Gasteiger partial charge in [0, 0.05) is 12.7 Å².